The number of aromatic nitrogens is 1. The minimum atomic E-state index is 0.208. The number of pyridine rings is 1. The van der Waals surface area contributed by atoms with E-state index in [0.717, 1.165) is 0 Å². The Morgan fingerprint density at radius 2 is 2.30 bits per heavy atom. The topological polar surface area (TPSA) is 33.1 Å². The number of aromatic hydroxyl groups is 1. The van der Waals surface area contributed by atoms with Crippen molar-refractivity contribution in [3.63, 3.8) is 0 Å². The van der Waals surface area contributed by atoms with Gasteiger partial charge in [0.05, 0.1) is 10.2 Å². The molecule has 1 heterocycles. The molecule has 1 rings (SSSR count). The lowest BCUT2D eigenvalue weighted by molar-refractivity contribution is 0.463. The summed E-state index contributed by atoms with van der Waals surface area (Å²) in [5.74, 6) is 0.208. The molecule has 0 fully saturated rings. The van der Waals surface area contributed by atoms with Crippen molar-refractivity contribution >= 4 is 31.9 Å². The van der Waals surface area contributed by atoms with Crippen LogP contribution in [0.5, 0.6) is 5.75 Å². The van der Waals surface area contributed by atoms with E-state index in [1.165, 1.54) is 0 Å². The molecule has 0 amide bonds. The summed E-state index contributed by atoms with van der Waals surface area (Å²) in [6, 6.07) is 1.70. The summed E-state index contributed by atoms with van der Waals surface area (Å²) in [6.07, 6.45) is 1.64. The fourth-order valence-electron chi connectivity index (χ4n) is 0.568. The van der Waals surface area contributed by atoms with E-state index in [2.05, 4.69) is 36.8 Å². The van der Waals surface area contributed by atoms with Gasteiger partial charge in [-0.15, -0.1) is 0 Å². The summed E-state index contributed by atoms with van der Waals surface area (Å²) in [7, 11) is 0. The quantitative estimate of drug-likeness (QED) is 0.792. The van der Waals surface area contributed by atoms with Crippen LogP contribution in [0.3, 0.4) is 0 Å². The Labute approximate surface area is 75.5 Å². The van der Waals surface area contributed by atoms with E-state index < -0.39 is 0 Å². The van der Waals surface area contributed by atoms with Gasteiger partial charge in [-0.05, 0) is 22.0 Å². The van der Waals surface area contributed by atoms with Gasteiger partial charge in [0.25, 0.3) is 0 Å². The second-order valence-corrected chi connectivity index (χ2v) is 3.14. The van der Waals surface area contributed by atoms with Crippen molar-refractivity contribution in [3.8, 4) is 5.75 Å². The highest BCUT2D eigenvalue weighted by atomic mass is 79.9. The van der Waals surface area contributed by atoms with Gasteiger partial charge in [0.1, 0.15) is 0 Å². The van der Waals surface area contributed by atoms with Gasteiger partial charge >= 0.3 is 0 Å². The highest BCUT2D eigenvalue weighted by molar-refractivity contribution is 9.10. The lowest BCUT2D eigenvalue weighted by atomic mass is 10.3. The van der Waals surface area contributed by atoms with E-state index in [0.29, 0.717) is 15.5 Å². The van der Waals surface area contributed by atoms with E-state index in [-0.39, 0.29) is 5.75 Å². The maximum absolute atomic E-state index is 9.26. The Balaban J connectivity index is 3.14. The van der Waals surface area contributed by atoms with Crippen molar-refractivity contribution in [1.82, 2.24) is 4.98 Å². The van der Waals surface area contributed by atoms with Crippen LogP contribution in [0.25, 0.3) is 0 Å². The molecule has 0 aliphatic rings. The molecule has 0 aromatic carbocycles. The van der Waals surface area contributed by atoms with Crippen LogP contribution < -0.4 is 0 Å². The maximum atomic E-state index is 9.26. The number of nitrogens with zero attached hydrogens (tertiary/aromatic N) is 1. The van der Waals surface area contributed by atoms with Gasteiger partial charge in [-0.3, -0.25) is 4.98 Å². The third kappa shape index (κ3) is 1.49. The standard InChI is InChI=1S/C6H5Br2NO/c7-3-5-6(10)4(8)1-2-9-5/h1-2,10H,3H2. The van der Waals surface area contributed by atoms with Gasteiger partial charge in [0, 0.05) is 11.5 Å². The largest absolute Gasteiger partial charge is 0.505 e. The van der Waals surface area contributed by atoms with Crippen LogP contribution in [0, 0.1) is 0 Å². The van der Waals surface area contributed by atoms with Crippen LogP contribution in [0.1, 0.15) is 5.69 Å². The summed E-state index contributed by atoms with van der Waals surface area (Å²) in [5, 5.41) is 9.83. The van der Waals surface area contributed by atoms with Crippen LogP contribution in [0.15, 0.2) is 16.7 Å². The Kier molecular flexibility index (Phi) is 2.68. The first-order valence-corrected chi connectivity index (χ1v) is 4.55. The summed E-state index contributed by atoms with van der Waals surface area (Å²) in [4.78, 5) is 3.93. The smallest absolute Gasteiger partial charge is 0.152 e. The zero-order valence-corrected chi connectivity index (χ0v) is 8.18. The van der Waals surface area contributed by atoms with Crippen LogP contribution >= 0.6 is 31.9 Å². The van der Waals surface area contributed by atoms with Gasteiger partial charge in [0.2, 0.25) is 0 Å². The van der Waals surface area contributed by atoms with Gasteiger partial charge in [-0.25, -0.2) is 0 Å². The molecule has 0 aliphatic heterocycles. The van der Waals surface area contributed by atoms with Gasteiger partial charge in [-0.2, -0.15) is 0 Å². The minimum absolute atomic E-state index is 0.208. The third-order valence-electron chi connectivity index (χ3n) is 1.08. The molecule has 10 heavy (non-hydrogen) atoms. The molecule has 0 unspecified atom stereocenters. The fourth-order valence-corrected chi connectivity index (χ4v) is 1.33. The molecule has 0 aliphatic carbocycles. The predicted octanol–water partition coefficient (Wildman–Crippen LogP) is 2.44. The second kappa shape index (κ2) is 3.34. The molecular formula is C6H5Br2NO. The van der Waals surface area contributed by atoms with E-state index in [1.54, 1.807) is 12.3 Å². The molecule has 4 heteroatoms. The van der Waals surface area contributed by atoms with Crippen molar-refractivity contribution in [1.29, 1.82) is 0 Å². The highest BCUT2D eigenvalue weighted by Gasteiger charge is 2.02. The molecule has 1 aromatic rings. The summed E-state index contributed by atoms with van der Waals surface area (Å²) in [5.41, 5.74) is 0.648. The van der Waals surface area contributed by atoms with Gasteiger partial charge in [0.15, 0.2) is 5.75 Å². The SMILES string of the molecule is Oc1c(Br)ccnc1CBr. The zero-order chi connectivity index (χ0) is 7.56. The Bertz CT molecular complexity index is 239. The summed E-state index contributed by atoms with van der Waals surface area (Å²) >= 11 is 6.38. The first-order chi connectivity index (χ1) is 4.75. The lowest BCUT2D eigenvalue weighted by Crippen LogP contribution is -1.84. The van der Waals surface area contributed by atoms with Crippen molar-refractivity contribution < 1.29 is 5.11 Å². The Morgan fingerprint density at radius 3 is 2.80 bits per heavy atom. The molecule has 0 atom stereocenters. The van der Waals surface area contributed by atoms with E-state index in [1.807, 2.05) is 0 Å². The Hall–Kier alpha value is -0.0900. The predicted molar refractivity (Wildman–Crippen MR) is 46.2 cm³/mol. The minimum Gasteiger partial charge on any atom is -0.505 e. The van der Waals surface area contributed by atoms with Crippen LogP contribution in [0.4, 0.5) is 0 Å². The van der Waals surface area contributed by atoms with E-state index in [9.17, 15) is 5.11 Å². The molecule has 0 saturated heterocycles. The number of hydrogen-bond acceptors (Lipinski definition) is 2. The first-order valence-electron chi connectivity index (χ1n) is 2.64. The maximum Gasteiger partial charge on any atom is 0.152 e. The van der Waals surface area contributed by atoms with Crippen molar-refractivity contribution in [3.05, 3.63) is 22.4 Å². The normalized spacial score (nSPS) is 9.80. The van der Waals surface area contributed by atoms with E-state index in [4.69, 9.17) is 0 Å². The monoisotopic (exact) mass is 265 g/mol. The number of alkyl halides is 1. The van der Waals surface area contributed by atoms with Crippen LogP contribution in [-0.2, 0) is 5.33 Å². The number of rotatable bonds is 1. The summed E-state index contributed by atoms with van der Waals surface area (Å²) < 4.78 is 0.678. The molecule has 2 nitrogen and oxygen atoms in total. The third-order valence-corrected chi connectivity index (χ3v) is 2.25. The molecule has 0 saturated carbocycles. The number of halogens is 2. The lowest BCUT2D eigenvalue weighted by Gasteiger charge is -1.99. The second-order valence-electron chi connectivity index (χ2n) is 1.72. The van der Waals surface area contributed by atoms with Gasteiger partial charge in [-0.1, -0.05) is 15.9 Å². The van der Waals surface area contributed by atoms with Crippen molar-refractivity contribution in [2.75, 3.05) is 0 Å². The average molecular weight is 267 g/mol. The van der Waals surface area contributed by atoms with Crippen molar-refractivity contribution in [2.45, 2.75) is 5.33 Å². The van der Waals surface area contributed by atoms with E-state index >= 15 is 0 Å². The molecule has 1 aromatic heterocycles. The zero-order valence-electron chi connectivity index (χ0n) is 5.01. The fraction of sp³-hybridized carbons (Fsp3) is 0.167. The van der Waals surface area contributed by atoms with Crippen LogP contribution in [-0.4, -0.2) is 10.1 Å². The highest BCUT2D eigenvalue weighted by Crippen LogP contribution is 2.26. The molecule has 0 spiro atoms. The summed E-state index contributed by atoms with van der Waals surface area (Å²) in [6.45, 7) is 0. The van der Waals surface area contributed by atoms with Gasteiger partial charge < -0.3 is 5.11 Å². The molecule has 0 bridgehead atoms. The Morgan fingerprint density at radius 1 is 1.60 bits per heavy atom. The van der Waals surface area contributed by atoms with Crippen molar-refractivity contribution in [2.24, 2.45) is 0 Å². The average Bonchev–Trinajstić information content (AvgIpc) is 1.95. The molecular weight excluding hydrogens is 262 g/mol. The first kappa shape index (κ1) is 8.01. The number of hydrogen-bond donors (Lipinski definition) is 1. The molecule has 0 radical (unpaired) electrons. The molecule has 54 valence electrons. The van der Waals surface area contributed by atoms with Crippen LogP contribution in [0.2, 0.25) is 0 Å². The molecule has 1 N–H and O–H groups in total.